The fourth-order valence-corrected chi connectivity index (χ4v) is 12.5. The number of phosphoric ester groups is 2. The highest BCUT2D eigenvalue weighted by Crippen LogP contribution is 2.45. The van der Waals surface area contributed by atoms with Crippen LogP contribution in [-0.2, 0) is 65.4 Å². The molecular formula is C72H140O17P2. The highest BCUT2D eigenvalue weighted by Gasteiger charge is 2.30. The van der Waals surface area contributed by atoms with E-state index >= 15 is 0 Å². The summed E-state index contributed by atoms with van der Waals surface area (Å²) in [5.74, 6) is -0.592. The molecule has 0 spiro atoms. The van der Waals surface area contributed by atoms with E-state index in [4.69, 9.17) is 37.0 Å². The molecular weight excluding hydrogens is 1200 g/mol. The Balaban J connectivity index is 5.27. The summed E-state index contributed by atoms with van der Waals surface area (Å²) in [7, 11) is -9.90. The molecule has 0 amide bonds. The van der Waals surface area contributed by atoms with Crippen LogP contribution < -0.4 is 0 Å². The molecule has 0 bridgehead atoms. The van der Waals surface area contributed by atoms with Crippen LogP contribution >= 0.6 is 15.6 Å². The van der Waals surface area contributed by atoms with Gasteiger partial charge in [-0.1, -0.05) is 318 Å². The van der Waals surface area contributed by atoms with Gasteiger partial charge < -0.3 is 33.8 Å². The van der Waals surface area contributed by atoms with Crippen LogP contribution in [-0.4, -0.2) is 96.7 Å². The summed E-state index contributed by atoms with van der Waals surface area (Å²) in [6.45, 7) is 9.56. The number of unbranched alkanes of at least 4 members (excludes halogenated alkanes) is 40. The molecule has 0 aromatic carbocycles. The molecule has 0 aliphatic rings. The maximum atomic E-state index is 13.0. The van der Waals surface area contributed by atoms with Crippen molar-refractivity contribution in [2.75, 3.05) is 39.6 Å². The minimum Gasteiger partial charge on any atom is -0.462 e. The van der Waals surface area contributed by atoms with E-state index in [-0.39, 0.29) is 25.7 Å². The number of aliphatic hydroxyl groups is 1. The van der Waals surface area contributed by atoms with Crippen LogP contribution in [0.4, 0.5) is 0 Å². The molecule has 0 fully saturated rings. The zero-order valence-corrected chi connectivity index (χ0v) is 60.9. The summed E-state index contributed by atoms with van der Waals surface area (Å²) in [5.41, 5.74) is 0. The average Bonchev–Trinajstić information content (AvgIpc) is 2.98. The topological polar surface area (TPSA) is 237 Å². The summed E-state index contributed by atoms with van der Waals surface area (Å²) < 4.78 is 68.4. The van der Waals surface area contributed by atoms with Crippen LogP contribution in [0.25, 0.3) is 0 Å². The van der Waals surface area contributed by atoms with Crippen molar-refractivity contribution >= 4 is 39.5 Å². The van der Waals surface area contributed by atoms with Gasteiger partial charge in [0.05, 0.1) is 26.4 Å². The number of carbonyl (C=O) groups is 4. The number of aliphatic hydroxyl groups excluding tert-OH is 1. The number of phosphoric acid groups is 2. The number of carbonyl (C=O) groups excluding carboxylic acids is 4. The largest absolute Gasteiger partial charge is 0.472 e. The van der Waals surface area contributed by atoms with Crippen molar-refractivity contribution < 1.29 is 80.2 Å². The van der Waals surface area contributed by atoms with Crippen molar-refractivity contribution in [1.82, 2.24) is 0 Å². The Bertz CT molecular complexity index is 1770. The van der Waals surface area contributed by atoms with Gasteiger partial charge in [0.2, 0.25) is 0 Å². The Kier molecular flexibility index (Phi) is 62.7. The second kappa shape index (κ2) is 64.1. The maximum absolute atomic E-state index is 13.0. The molecule has 3 unspecified atom stereocenters. The summed E-state index contributed by atoms with van der Waals surface area (Å²) >= 11 is 0. The molecule has 0 heterocycles. The second-order valence-electron chi connectivity index (χ2n) is 26.7. The molecule has 19 heteroatoms. The first kappa shape index (κ1) is 89.1. The van der Waals surface area contributed by atoms with Crippen molar-refractivity contribution in [3.05, 3.63) is 0 Å². The number of hydrogen-bond donors (Lipinski definition) is 3. The molecule has 0 aromatic rings. The quantitative estimate of drug-likeness (QED) is 0.0222. The molecule has 6 atom stereocenters. The van der Waals surface area contributed by atoms with Gasteiger partial charge >= 0.3 is 39.5 Å². The van der Waals surface area contributed by atoms with E-state index in [1.54, 1.807) is 0 Å². The Labute approximate surface area is 556 Å². The van der Waals surface area contributed by atoms with Crippen LogP contribution in [0.3, 0.4) is 0 Å². The Morgan fingerprint density at radius 1 is 0.319 bits per heavy atom. The van der Waals surface area contributed by atoms with Gasteiger partial charge in [-0.05, 0) is 37.5 Å². The van der Waals surface area contributed by atoms with E-state index in [1.165, 1.54) is 186 Å². The lowest BCUT2D eigenvalue weighted by atomic mass is 9.99. The van der Waals surface area contributed by atoms with Crippen LogP contribution in [0.15, 0.2) is 0 Å². The van der Waals surface area contributed by atoms with E-state index < -0.39 is 97.5 Å². The predicted octanol–water partition coefficient (Wildman–Crippen LogP) is 20.8. The normalized spacial score (nSPS) is 14.4. The third-order valence-electron chi connectivity index (χ3n) is 17.1. The first-order valence-electron chi connectivity index (χ1n) is 37.5. The van der Waals surface area contributed by atoms with Crippen LogP contribution in [0.2, 0.25) is 0 Å². The smallest absolute Gasteiger partial charge is 0.462 e. The van der Waals surface area contributed by atoms with Crippen molar-refractivity contribution in [1.29, 1.82) is 0 Å². The third kappa shape index (κ3) is 65.1. The highest BCUT2D eigenvalue weighted by atomic mass is 31.2. The predicted molar refractivity (Wildman–Crippen MR) is 368 cm³/mol. The van der Waals surface area contributed by atoms with E-state index in [0.29, 0.717) is 25.7 Å². The van der Waals surface area contributed by atoms with Crippen molar-refractivity contribution in [3.8, 4) is 0 Å². The van der Waals surface area contributed by atoms with E-state index in [2.05, 4.69) is 41.5 Å². The lowest BCUT2D eigenvalue weighted by molar-refractivity contribution is -0.161. The first-order valence-corrected chi connectivity index (χ1v) is 40.5. The van der Waals surface area contributed by atoms with Gasteiger partial charge in [0.25, 0.3) is 0 Å². The maximum Gasteiger partial charge on any atom is 0.472 e. The molecule has 0 radical (unpaired) electrons. The molecule has 0 rings (SSSR count). The van der Waals surface area contributed by atoms with E-state index in [0.717, 1.165) is 102 Å². The molecule has 3 N–H and O–H groups in total. The van der Waals surface area contributed by atoms with Gasteiger partial charge in [0, 0.05) is 25.7 Å². The zero-order chi connectivity index (χ0) is 67.2. The highest BCUT2D eigenvalue weighted by molar-refractivity contribution is 7.47. The lowest BCUT2D eigenvalue weighted by Crippen LogP contribution is -2.30. The molecule has 0 aliphatic heterocycles. The molecule has 17 nitrogen and oxygen atoms in total. The SMILES string of the molecule is CCCCCCCCCCCCCCCCC(=O)O[C@H](COC(=O)CCCCCCCCCCCCC(C)C)COP(=O)(O)OC[C@@H](O)COP(=O)(O)OC[C@@H](COC(=O)CCCCCCCCCCCCCC)OC(=O)CCCCCCCCCCC(C)CC. The van der Waals surface area contributed by atoms with Crippen molar-refractivity contribution in [3.63, 3.8) is 0 Å². The minimum absolute atomic E-state index is 0.105. The van der Waals surface area contributed by atoms with Crippen LogP contribution in [0.1, 0.15) is 369 Å². The minimum atomic E-state index is -4.95. The molecule has 0 aromatic heterocycles. The zero-order valence-electron chi connectivity index (χ0n) is 59.1. The number of esters is 4. The fourth-order valence-electron chi connectivity index (χ4n) is 10.9. The van der Waals surface area contributed by atoms with Crippen molar-refractivity contribution in [2.45, 2.75) is 387 Å². The molecule has 91 heavy (non-hydrogen) atoms. The average molecular weight is 1340 g/mol. The monoisotopic (exact) mass is 1340 g/mol. The van der Waals surface area contributed by atoms with Crippen LogP contribution in [0.5, 0.6) is 0 Å². The lowest BCUT2D eigenvalue weighted by Gasteiger charge is -2.21. The summed E-state index contributed by atoms with van der Waals surface area (Å²) in [4.78, 5) is 72.7. The number of ether oxygens (including phenoxy) is 4. The second-order valence-corrected chi connectivity index (χ2v) is 29.6. The summed E-state index contributed by atoms with van der Waals surface area (Å²) in [5, 5.41) is 10.6. The first-order chi connectivity index (χ1) is 43.9. The fraction of sp³-hybridized carbons (Fsp3) is 0.944. The molecule has 0 saturated carbocycles. The number of hydrogen-bond acceptors (Lipinski definition) is 15. The summed E-state index contributed by atoms with van der Waals surface area (Å²) in [6, 6.07) is 0. The van der Waals surface area contributed by atoms with Gasteiger partial charge in [-0.3, -0.25) is 37.3 Å². The van der Waals surface area contributed by atoms with E-state index in [1.807, 2.05) is 0 Å². The Morgan fingerprint density at radius 2 is 0.560 bits per heavy atom. The van der Waals surface area contributed by atoms with Crippen LogP contribution in [0, 0.1) is 11.8 Å². The third-order valence-corrected chi connectivity index (χ3v) is 19.0. The van der Waals surface area contributed by atoms with Gasteiger partial charge in [0.15, 0.2) is 12.2 Å². The van der Waals surface area contributed by atoms with Gasteiger partial charge in [-0.2, -0.15) is 0 Å². The van der Waals surface area contributed by atoms with E-state index in [9.17, 15) is 43.2 Å². The standard InChI is InChI=1S/C72H140O17P2/c1-7-10-12-14-16-18-20-22-23-25-31-38-44-50-56-71(76)88-67(60-83-70(75)55-49-43-37-30-27-26-28-34-40-46-52-64(4)5)62-86-90(78,79)84-58-66(73)59-85-91(80,81)87-63-68(89-72(77)57-51-45-39-33-32-35-41-47-53-65(6)9-3)61-82-69(74)54-48-42-36-29-24-21-19-17-15-13-11-8-2/h64-68,73H,7-63H2,1-6H3,(H,78,79)(H,80,81)/t65?,66-,67-,68-/m1/s1. The van der Waals surface area contributed by atoms with Gasteiger partial charge in [-0.15, -0.1) is 0 Å². The molecule has 0 saturated heterocycles. The molecule has 540 valence electrons. The van der Waals surface area contributed by atoms with Gasteiger partial charge in [0.1, 0.15) is 19.3 Å². The Hall–Kier alpha value is -1.94. The number of rotatable bonds is 71. The van der Waals surface area contributed by atoms with Gasteiger partial charge in [-0.25, -0.2) is 9.13 Å². The Morgan fingerprint density at radius 3 is 0.835 bits per heavy atom. The van der Waals surface area contributed by atoms with Crippen molar-refractivity contribution in [2.24, 2.45) is 11.8 Å². The summed E-state index contributed by atoms with van der Waals surface area (Å²) in [6.07, 6.45) is 49.7. The molecule has 0 aliphatic carbocycles.